The summed E-state index contributed by atoms with van der Waals surface area (Å²) >= 11 is 7.79. The van der Waals surface area contributed by atoms with E-state index >= 15 is 0 Å². The Labute approximate surface area is 175 Å². The monoisotopic (exact) mass is 416 g/mol. The van der Waals surface area contributed by atoms with Crippen molar-refractivity contribution >= 4 is 46.9 Å². The smallest absolute Gasteiger partial charge is 0.303 e. The maximum Gasteiger partial charge on any atom is 0.303 e. The summed E-state index contributed by atoms with van der Waals surface area (Å²) in [5.74, 6) is -0.989. The fraction of sp³-hybridized carbons (Fsp3) is 0.318. The number of thiophene rings is 1. The van der Waals surface area contributed by atoms with Crippen LogP contribution in [0.3, 0.4) is 0 Å². The van der Waals surface area contributed by atoms with Crippen molar-refractivity contribution in [3.63, 3.8) is 0 Å². The van der Waals surface area contributed by atoms with Crippen molar-refractivity contribution in [2.75, 3.05) is 0 Å². The fourth-order valence-electron chi connectivity index (χ4n) is 2.89. The van der Waals surface area contributed by atoms with Crippen LogP contribution in [0.5, 0.6) is 0 Å². The molecule has 0 aliphatic heterocycles. The topological polar surface area (TPSA) is 62.0 Å². The Morgan fingerprint density at radius 2 is 1.96 bits per heavy atom. The van der Waals surface area contributed by atoms with Crippen molar-refractivity contribution in [3.05, 3.63) is 62.3 Å². The number of rotatable bonds is 9. The Morgan fingerprint density at radius 3 is 2.54 bits per heavy atom. The van der Waals surface area contributed by atoms with E-state index in [2.05, 4.69) is 35.5 Å². The molecule has 2 aromatic rings. The van der Waals surface area contributed by atoms with Crippen LogP contribution in [0.4, 0.5) is 0 Å². The highest BCUT2D eigenvalue weighted by Gasteiger charge is 2.14. The number of carboxylic acids is 1. The quantitative estimate of drug-likeness (QED) is 0.379. The summed E-state index contributed by atoms with van der Waals surface area (Å²) < 4.78 is 0. The minimum absolute atomic E-state index is 0.0451. The molecule has 0 saturated heterocycles. The van der Waals surface area contributed by atoms with Gasteiger partial charge in [0.15, 0.2) is 0 Å². The van der Waals surface area contributed by atoms with E-state index in [1.807, 2.05) is 24.3 Å². The van der Waals surface area contributed by atoms with E-state index < -0.39 is 5.97 Å². The van der Waals surface area contributed by atoms with E-state index in [0.29, 0.717) is 11.4 Å². The predicted molar refractivity (Wildman–Crippen MR) is 120 cm³/mol. The summed E-state index contributed by atoms with van der Waals surface area (Å²) in [5.41, 5.74) is 4.73. The van der Waals surface area contributed by atoms with E-state index in [0.717, 1.165) is 17.6 Å². The van der Waals surface area contributed by atoms with Crippen molar-refractivity contribution in [2.45, 2.75) is 40.0 Å². The number of aryl methyl sites for hydroxylation is 1. The molecule has 1 atom stereocenters. The lowest BCUT2D eigenvalue weighted by Gasteiger charge is -2.11. The fourth-order valence-corrected chi connectivity index (χ4v) is 3.90. The van der Waals surface area contributed by atoms with Crippen LogP contribution in [0.25, 0.3) is 5.57 Å². The lowest BCUT2D eigenvalue weighted by molar-refractivity contribution is -0.137. The predicted octanol–water partition coefficient (Wildman–Crippen LogP) is 6.40. The lowest BCUT2D eigenvalue weighted by atomic mass is 9.93. The Balaban J connectivity index is 2.27. The molecule has 4 nitrogen and oxygen atoms in total. The standard InChI is InChI=1S/C22H25ClN2O2S/c1-4-24-25-13-17(12-22(26)27)6-5-7-20(18-8-10-19(23)11-9-18)21-14-28-16(3)15(21)2/h4,7-11,13-14,17H,5-6,12H2,1-3H3,(H,26,27)/b20-7-,24-4+,25-13+/t17-/m0/s1. The second-order valence-corrected chi connectivity index (χ2v) is 8.05. The molecule has 148 valence electrons. The first-order chi connectivity index (χ1) is 13.4. The van der Waals surface area contributed by atoms with E-state index in [4.69, 9.17) is 16.7 Å². The van der Waals surface area contributed by atoms with Gasteiger partial charge in [-0.25, -0.2) is 0 Å². The van der Waals surface area contributed by atoms with Crippen LogP contribution in [-0.4, -0.2) is 23.5 Å². The first kappa shape index (κ1) is 22.1. The Bertz CT molecular complexity index is 882. The second kappa shape index (κ2) is 10.9. The number of allylic oxidation sites excluding steroid dienone is 1. The molecule has 0 aliphatic carbocycles. The summed E-state index contributed by atoms with van der Waals surface area (Å²) in [5, 5.41) is 19.8. The first-order valence-corrected chi connectivity index (χ1v) is 10.4. The number of nitrogens with zero attached hydrogens (tertiary/aromatic N) is 2. The van der Waals surface area contributed by atoms with Crippen molar-refractivity contribution in [1.82, 2.24) is 0 Å². The molecule has 0 bridgehead atoms. The van der Waals surface area contributed by atoms with Crippen molar-refractivity contribution in [3.8, 4) is 0 Å². The summed E-state index contributed by atoms with van der Waals surface area (Å²) in [6.07, 6.45) is 6.87. The molecule has 0 aliphatic rings. The number of aliphatic carboxylic acids is 1. The van der Waals surface area contributed by atoms with Gasteiger partial charge in [0, 0.05) is 28.2 Å². The molecule has 0 unspecified atom stereocenters. The third-order valence-corrected chi connectivity index (χ3v) is 5.78. The number of hydrogen-bond donors (Lipinski definition) is 1. The van der Waals surface area contributed by atoms with Gasteiger partial charge in [-0.1, -0.05) is 29.8 Å². The van der Waals surface area contributed by atoms with Gasteiger partial charge in [-0.3, -0.25) is 4.79 Å². The molecule has 28 heavy (non-hydrogen) atoms. The van der Waals surface area contributed by atoms with Crippen molar-refractivity contribution in [2.24, 2.45) is 16.1 Å². The highest BCUT2D eigenvalue weighted by molar-refractivity contribution is 7.10. The molecule has 1 N–H and O–H groups in total. The van der Waals surface area contributed by atoms with Gasteiger partial charge in [-0.15, -0.1) is 11.3 Å². The van der Waals surface area contributed by atoms with Crippen molar-refractivity contribution in [1.29, 1.82) is 0 Å². The van der Waals surface area contributed by atoms with Gasteiger partial charge in [0.1, 0.15) is 0 Å². The molecule has 0 saturated carbocycles. The zero-order chi connectivity index (χ0) is 20.5. The van der Waals surface area contributed by atoms with E-state index in [-0.39, 0.29) is 12.3 Å². The highest BCUT2D eigenvalue weighted by Crippen LogP contribution is 2.33. The van der Waals surface area contributed by atoms with Crippen LogP contribution in [0.2, 0.25) is 5.02 Å². The van der Waals surface area contributed by atoms with Gasteiger partial charge >= 0.3 is 5.97 Å². The molecule has 1 aromatic carbocycles. The number of carboxylic acid groups (broad SMARTS) is 1. The molecule has 1 aromatic heterocycles. The number of hydrogen-bond acceptors (Lipinski definition) is 4. The van der Waals surface area contributed by atoms with Crippen LogP contribution in [-0.2, 0) is 4.79 Å². The Kier molecular flexibility index (Phi) is 8.61. The van der Waals surface area contributed by atoms with Gasteiger partial charge in [0.25, 0.3) is 0 Å². The summed E-state index contributed by atoms with van der Waals surface area (Å²) in [7, 11) is 0. The van der Waals surface area contributed by atoms with E-state index in [1.54, 1.807) is 30.7 Å². The number of halogens is 1. The molecule has 2 rings (SSSR count). The molecular formula is C22H25ClN2O2S. The molecule has 0 fully saturated rings. The van der Waals surface area contributed by atoms with Crippen molar-refractivity contribution < 1.29 is 9.90 Å². The van der Waals surface area contributed by atoms with Gasteiger partial charge < -0.3 is 5.11 Å². The molecule has 0 amide bonds. The summed E-state index contributed by atoms with van der Waals surface area (Å²) in [4.78, 5) is 12.4. The SMILES string of the molecule is C/C=N/N=C/[C@@H](CC/C=C(/c1ccc(Cl)cc1)c1csc(C)c1C)CC(=O)O. The minimum Gasteiger partial charge on any atom is -0.481 e. The second-order valence-electron chi connectivity index (χ2n) is 6.53. The Hall–Kier alpha value is -2.24. The van der Waals surface area contributed by atoms with Crippen LogP contribution < -0.4 is 0 Å². The number of benzene rings is 1. The third-order valence-electron chi connectivity index (χ3n) is 4.51. The van der Waals surface area contributed by atoms with Gasteiger partial charge in [0.2, 0.25) is 0 Å². The maximum atomic E-state index is 11.1. The average molecular weight is 417 g/mol. The lowest BCUT2D eigenvalue weighted by Crippen LogP contribution is -2.09. The third kappa shape index (κ3) is 6.43. The first-order valence-electron chi connectivity index (χ1n) is 9.16. The molecule has 6 heteroatoms. The van der Waals surface area contributed by atoms with Crippen LogP contribution in [0, 0.1) is 19.8 Å². The zero-order valence-corrected chi connectivity index (χ0v) is 17.9. The van der Waals surface area contributed by atoms with E-state index in [1.165, 1.54) is 16.0 Å². The van der Waals surface area contributed by atoms with Crippen LogP contribution in [0.15, 0.2) is 45.9 Å². The molecular weight excluding hydrogens is 392 g/mol. The minimum atomic E-state index is -0.830. The maximum absolute atomic E-state index is 11.1. The molecule has 1 heterocycles. The molecule has 0 spiro atoms. The van der Waals surface area contributed by atoms with Crippen LogP contribution >= 0.6 is 22.9 Å². The molecule has 0 radical (unpaired) electrons. The average Bonchev–Trinajstić information content (AvgIpc) is 2.98. The summed E-state index contributed by atoms with van der Waals surface area (Å²) in [6, 6.07) is 7.82. The largest absolute Gasteiger partial charge is 0.481 e. The zero-order valence-electron chi connectivity index (χ0n) is 16.4. The van der Waals surface area contributed by atoms with Gasteiger partial charge in [-0.05, 0) is 73.4 Å². The van der Waals surface area contributed by atoms with E-state index in [9.17, 15) is 4.79 Å². The normalized spacial score (nSPS) is 13.5. The highest BCUT2D eigenvalue weighted by atomic mass is 35.5. The Morgan fingerprint density at radius 1 is 1.25 bits per heavy atom. The van der Waals surface area contributed by atoms with Crippen LogP contribution in [0.1, 0.15) is 47.8 Å². The number of carbonyl (C=O) groups is 1. The van der Waals surface area contributed by atoms with Gasteiger partial charge in [-0.2, -0.15) is 10.2 Å². The van der Waals surface area contributed by atoms with Gasteiger partial charge in [0.05, 0.1) is 6.42 Å². The summed E-state index contributed by atoms with van der Waals surface area (Å²) in [6.45, 7) is 6.03.